The highest BCUT2D eigenvalue weighted by atomic mass is 15.3. The summed E-state index contributed by atoms with van der Waals surface area (Å²) in [5, 5.41) is 0. The summed E-state index contributed by atoms with van der Waals surface area (Å²) in [7, 11) is 0. The van der Waals surface area contributed by atoms with Gasteiger partial charge < -0.3 is 4.90 Å². The van der Waals surface area contributed by atoms with E-state index in [1.165, 1.54) is 11.1 Å². The molecule has 0 amide bonds. The lowest BCUT2D eigenvalue weighted by atomic mass is 10.1. The summed E-state index contributed by atoms with van der Waals surface area (Å²) in [4.78, 5) is 13.6. The normalized spacial score (nSPS) is 17.1. The van der Waals surface area contributed by atoms with E-state index in [0.29, 0.717) is 0 Å². The summed E-state index contributed by atoms with van der Waals surface area (Å²) >= 11 is 0. The van der Waals surface area contributed by atoms with Gasteiger partial charge in [0.25, 0.3) is 0 Å². The number of aromatic nitrogens is 2. The molecule has 0 spiro atoms. The maximum Gasteiger partial charge on any atom is 0.0599 e. The van der Waals surface area contributed by atoms with E-state index < -0.39 is 0 Å². The molecule has 0 atom stereocenters. The highest BCUT2D eigenvalue weighted by molar-refractivity contribution is 5.52. The number of rotatable bonds is 6. The molecule has 3 rings (SSSR count). The molecule has 1 aliphatic rings. The van der Waals surface area contributed by atoms with E-state index in [2.05, 4.69) is 63.1 Å². The van der Waals surface area contributed by atoms with Gasteiger partial charge in [0.1, 0.15) is 0 Å². The Labute approximate surface area is 144 Å². The topological polar surface area (TPSA) is 32.3 Å². The van der Waals surface area contributed by atoms with E-state index >= 15 is 0 Å². The van der Waals surface area contributed by atoms with Gasteiger partial charge in [0, 0.05) is 64.3 Å². The van der Waals surface area contributed by atoms with E-state index in [-0.39, 0.29) is 0 Å². The van der Waals surface area contributed by atoms with Gasteiger partial charge in [-0.05, 0) is 12.5 Å². The minimum Gasteiger partial charge on any atom is -0.300 e. The summed E-state index contributed by atoms with van der Waals surface area (Å²) in [5.74, 6) is 0. The highest BCUT2D eigenvalue weighted by Crippen LogP contribution is 2.10. The summed E-state index contributed by atoms with van der Waals surface area (Å²) in [6.45, 7) is 8.92. The lowest BCUT2D eigenvalue weighted by Crippen LogP contribution is -2.47. The Hall–Kier alpha value is -2.04. The first-order chi connectivity index (χ1) is 11.8. The summed E-state index contributed by atoms with van der Waals surface area (Å²) in [6, 6.07) is 10.6. The largest absolute Gasteiger partial charge is 0.300 e. The number of nitrogens with zero attached hydrogens (tertiary/aromatic N) is 4. The second-order valence-corrected chi connectivity index (χ2v) is 6.47. The Morgan fingerprint density at radius 3 is 2.50 bits per heavy atom. The molecule has 4 nitrogen and oxygen atoms in total. The third kappa shape index (κ3) is 5.25. The summed E-state index contributed by atoms with van der Waals surface area (Å²) < 4.78 is 0. The van der Waals surface area contributed by atoms with Crippen molar-refractivity contribution in [3.8, 4) is 0 Å². The van der Waals surface area contributed by atoms with E-state index in [1.807, 2.05) is 6.20 Å². The standard InChI is InChI=1S/C20H26N4/c1-18(15-19-5-3-2-4-6-19)17-24-13-11-23(12-14-24)10-7-20-16-21-8-9-22-20/h2-6,8-9,15-16H,7,10-14,17H2,1H3. The number of hydrogen-bond acceptors (Lipinski definition) is 4. The minimum atomic E-state index is 0.987. The fourth-order valence-corrected chi connectivity index (χ4v) is 3.13. The smallest absolute Gasteiger partial charge is 0.0599 e. The molecule has 0 bridgehead atoms. The summed E-state index contributed by atoms with van der Waals surface area (Å²) in [5.41, 5.74) is 3.80. The van der Waals surface area contributed by atoms with Gasteiger partial charge in [-0.25, -0.2) is 0 Å². The third-order valence-electron chi connectivity index (χ3n) is 4.45. The lowest BCUT2D eigenvalue weighted by molar-refractivity contribution is 0.141. The van der Waals surface area contributed by atoms with Crippen molar-refractivity contribution >= 4 is 6.08 Å². The zero-order valence-corrected chi connectivity index (χ0v) is 14.4. The van der Waals surface area contributed by atoms with Gasteiger partial charge in [0.2, 0.25) is 0 Å². The predicted octanol–water partition coefficient (Wildman–Crippen LogP) is 2.74. The Morgan fingerprint density at radius 2 is 1.79 bits per heavy atom. The van der Waals surface area contributed by atoms with Crippen LogP contribution in [0.1, 0.15) is 18.2 Å². The molecule has 1 fully saturated rings. The Balaban J connectivity index is 1.41. The Kier molecular flexibility index (Phi) is 6.10. The second-order valence-electron chi connectivity index (χ2n) is 6.47. The molecule has 126 valence electrons. The molecule has 0 unspecified atom stereocenters. The lowest BCUT2D eigenvalue weighted by Gasteiger charge is -2.34. The van der Waals surface area contributed by atoms with Crippen LogP contribution in [0.2, 0.25) is 0 Å². The molecule has 0 N–H and O–H groups in total. The van der Waals surface area contributed by atoms with Crippen LogP contribution in [0.3, 0.4) is 0 Å². The Morgan fingerprint density at radius 1 is 1.04 bits per heavy atom. The predicted molar refractivity (Wildman–Crippen MR) is 98.7 cm³/mol. The van der Waals surface area contributed by atoms with Gasteiger partial charge in [-0.15, -0.1) is 0 Å². The van der Waals surface area contributed by atoms with Crippen molar-refractivity contribution in [3.63, 3.8) is 0 Å². The van der Waals surface area contributed by atoms with E-state index in [4.69, 9.17) is 0 Å². The van der Waals surface area contributed by atoms with Crippen LogP contribution in [-0.2, 0) is 6.42 Å². The first kappa shape index (κ1) is 16.8. The van der Waals surface area contributed by atoms with Gasteiger partial charge in [0.05, 0.1) is 5.69 Å². The quantitative estimate of drug-likeness (QED) is 0.818. The zero-order valence-electron chi connectivity index (χ0n) is 14.4. The SMILES string of the molecule is CC(=Cc1ccccc1)CN1CCN(CCc2cnccn2)CC1. The first-order valence-electron chi connectivity index (χ1n) is 8.71. The average molecular weight is 322 g/mol. The van der Waals surface area contributed by atoms with Crippen LogP contribution < -0.4 is 0 Å². The van der Waals surface area contributed by atoms with Crippen molar-refractivity contribution < 1.29 is 0 Å². The maximum absolute atomic E-state index is 4.35. The minimum absolute atomic E-state index is 0.987. The highest BCUT2D eigenvalue weighted by Gasteiger charge is 2.16. The zero-order chi connectivity index (χ0) is 16.6. The van der Waals surface area contributed by atoms with Crippen molar-refractivity contribution in [2.45, 2.75) is 13.3 Å². The monoisotopic (exact) mass is 322 g/mol. The van der Waals surface area contributed by atoms with Gasteiger partial charge in [-0.3, -0.25) is 14.9 Å². The van der Waals surface area contributed by atoms with E-state index in [1.54, 1.807) is 12.4 Å². The van der Waals surface area contributed by atoms with E-state index in [0.717, 1.165) is 51.4 Å². The fraction of sp³-hybridized carbons (Fsp3) is 0.400. The molecule has 1 saturated heterocycles. The van der Waals surface area contributed by atoms with Crippen molar-refractivity contribution in [1.29, 1.82) is 0 Å². The van der Waals surface area contributed by atoms with Crippen LogP contribution in [0.4, 0.5) is 0 Å². The number of benzene rings is 1. The first-order valence-corrected chi connectivity index (χ1v) is 8.71. The Bertz CT molecular complexity index is 631. The van der Waals surface area contributed by atoms with Crippen LogP contribution in [0, 0.1) is 0 Å². The van der Waals surface area contributed by atoms with Gasteiger partial charge >= 0.3 is 0 Å². The molecule has 2 aromatic rings. The van der Waals surface area contributed by atoms with Crippen LogP contribution in [0.5, 0.6) is 0 Å². The molecule has 0 radical (unpaired) electrons. The molecule has 0 aliphatic carbocycles. The fourth-order valence-electron chi connectivity index (χ4n) is 3.13. The van der Waals surface area contributed by atoms with Crippen molar-refractivity contribution in [1.82, 2.24) is 19.8 Å². The molecular formula is C20H26N4. The van der Waals surface area contributed by atoms with Crippen molar-refractivity contribution in [3.05, 3.63) is 65.8 Å². The molecule has 1 aliphatic heterocycles. The summed E-state index contributed by atoms with van der Waals surface area (Å²) in [6.07, 6.45) is 8.65. The van der Waals surface area contributed by atoms with E-state index in [9.17, 15) is 0 Å². The molecule has 1 aromatic heterocycles. The molecule has 2 heterocycles. The number of hydrogen-bond donors (Lipinski definition) is 0. The molecule has 1 aromatic carbocycles. The van der Waals surface area contributed by atoms with Crippen molar-refractivity contribution in [2.75, 3.05) is 39.3 Å². The van der Waals surface area contributed by atoms with Gasteiger partial charge in [-0.1, -0.05) is 42.0 Å². The number of piperazine rings is 1. The molecule has 24 heavy (non-hydrogen) atoms. The maximum atomic E-state index is 4.35. The average Bonchev–Trinajstić information content (AvgIpc) is 2.63. The van der Waals surface area contributed by atoms with Crippen LogP contribution >= 0.6 is 0 Å². The van der Waals surface area contributed by atoms with Gasteiger partial charge in [-0.2, -0.15) is 0 Å². The molecule has 4 heteroatoms. The third-order valence-corrected chi connectivity index (χ3v) is 4.45. The van der Waals surface area contributed by atoms with Crippen LogP contribution in [0.15, 0.2) is 54.5 Å². The van der Waals surface area contributed by atoms with Crippen LogP contribution in [0.25, 0.3) is 6.08 Å². The van der Waals surface area contributed by atoms with Crippen LogP contribution in [-0.4, -0.2) is 59.0 Å². The molecule has 0 saturated carbocycles. The van der Waals surface area contributed by atoms with Gasteiger partial charge in [0.15, 0.2) is 0 Å². The molecular weight excluding hydrogens is 296 g/mol. The second kappa shape index (κ2) is 8.71. The van der Waals surface area contributed by atoms with Crippen molar-refractivity contribution in [2.24, 2.45) is 0 Å².